The summed E-state index contributed by atoms with van der Waals surface area (Å²) in [6.07, 6.45) is 2.81. The number of ether oxygens (including phenoxy) is 1. The summed E-state index contributed by atoms with van der Waals surface area (Å²) in [5, 5.41) is 4.19. The first kappa shape index (κ1) is 13.1. The monoisotopic (exact) mass is 254 g/mol. The number of hydrogen-bond donors (Lipinski definition) is 1. The minimum atomic E-state index is 0.753. The molecule has 0 amide bonds. The Morgan fingerprint density at radius 2 is 1.79 bits per heavy atom. The smallest absolute Gasteiger partial charge is 0.119 e. The van der Waals surface area contributed by atoms with Gasteiger partial charge < -0.3 is 4.74 Å². The number of nitrogens with zero attached hydrogens (tertiary/aromatic N) is 1. The first-order valence-electron chi connectivity index (χ1n) is 6.45. The SMILES string of the molecule is CCCOc1ccc(/C=N/Nc2ccccc2)cc1. The van der Waals surface area contributed by atoms with Gasteiger partial charge in [0.2, 0.25) is 0 Å². The van der Waals surface area contributed by atoms with Crippen LogP contribution in [0.4, 0.5) is 5.69 Å². The van der Waals surface area contributed by atoms with Crippen molar-refractivity contribution < 1.29 is 4.74 Å². The van der Waals surface area contributed by atoms with E-state index in [2.05, 4.69) is 17.5 Å². The van der Waals surface area contributed by atoms with E-state index in [1.54, 1.807) is 6.21 Å². The van der Waals surface area contributed by atoms with Gasteiger partial charge in [-0.05, 0) is 48.4 Å². The van der Waals surface area contributed by atoms with Gasteiger partial charge in [0.15, 0.2) is 0 Å². The summed E-state index contributed by atoms with van der Waals surface area (Å²) in [5.74, 6) is 0.898. The third-order valence-corrected chi connectivity index (χ3v) is 2.53. The van der Waals surface area contributed by atoms with Crippen molar-refractivity contribution in [1.82, 2.24) is 0 Å². The molecule has 0 radical (unpaired) electrons. The summed E-state index contributed by atoms with van der Waals surface area (Å²) < 4.78 is 5.52. The highest BCUT2D eigenvalue weighted by Crippen LogP contribution is 2.11. The van der Waals surface area contributed by atoms with Crippen LogP contribution in [0.3, 0.4) is 0 Å². The second-order valence-electron chi connectivity index (χ2n) is 4.15. The molecule has 98 valence electrons. The highest BCUT2D eigenvalue weighted by atomic mass is 16.5. The molecule has 3 heteroatoms. The van der Waals surface area contributed by atoms with Crippen molar-refractivity contribution >= 4 is 11.9 Å². The van der Waals surface area contributed by atoms with Crippen LogP contribution in [0.2, 0.25) is 0 Å². The molecule has 0 unspecified atom stereocenters. The van der Waals surface area contributed by atoms with E-state index in [0.29, 0.717) is 0 Å². The average Bonchev–Trinajstić information content (AvgIpc) is 2.47. The van der Waals surface area contributed by atoms with Crippen molar-refractivity contribution in [2.24, 2.45) is 5.10 Å². The van der Waals surface area contributed by atoms with E-state index in [1.165, 1.54) is 0 Å². The Morgan fingerprint density at radius 1 is 1.05 bits per heavy atom. The van der Waals surface area contributed by atoms with E-state index in [0.717, 1.165) is 30.0 Å². The van der Waals surface area contributed by atoms with Crippen LogP contribution in [0.5, 0.6) is 5.75 Å². The van der Waals surface area contributed by atoms with Gasteiger partial charge in [0.1, 0.15) is 5.75 Å². The number of rotatable bonds is 6. The molecule has 0 saturated heterocycles. The summed E-state index contributed by atoms with van der Waals surface area (Å²) >= 11 is 0. The fraction of sp³-hybridized carbons (Fsp3) is 0.188. The van der Waals surface area contributed by atoms with Crippen molar-refractivity contribution in [3.63, 3.8) is 0 Å². The van der Waals surface area contributed by atoms with Gasteiger partial charge in [-0.1, -0.05) is 25.1 Å². The predicted molar refractivity (Wildman–Crippen MR) is 79.9 cm³/mol. The Kier molecular flexibility index (Phi) is 4.99. The van der Waals surface area contributed by atoms with Crippen LogP contribution in [-0.2, 0) is 0 Å². The lowest BCUT2D eigenvalue weighted by Crippen LogP contribution is -1.95. The van der Waals surface area contributed by atoms with E-state index in [4.69, 9.17) is 4.74 Å². The molecule has 2 rings (SSSR count). The number of anilines is 1. The Hall–Kier alpha value is -2.29. The van der Waals surface area contributed by atoms with Gasteiger partial charge in [-0.25, -0.2) is 0 Å². The first-order chi connectivity index (χ1) is 9.38. The van der Waals surface area contributed by atoms with Gasteiger partial charge in [-0.15, -0.1) is 0 Å². The first-order valence-corrected chi connectivity index (χ1v) is 6.45. The average molecular weight is 254 g/mol. The van der Waals surface area contributed by atoms with Crippen LogP contribution < -0.4 is 10.2 Å². The van der Waals surface area contributed by atoms with E-state index < -0.39 is 0 Å². The molecular weight excluding hydrogens is 236 g/mol. The summed E-state index contributed by atoms with van der Waals surface area (Å²) in [5.41, 5.74) is 4.99. The van der Waals surface area contributed by atoms with E-state index >= 15 is 0 Å². The number of hydrazone groups is 1. The van der Waals surface area contributed by atoms with Gasteiger partial charge in [0.25, 0.3) is 0 Å². The lowest BCUT2D eigenvalue weighted by molar-refractivity contribution is 0.317. The zero-order chi connectivity index (χ0) is 13.3. The molecule has 0 atom stereocenters. The van der Waals surface area contributed by atoms with Gasteiger partial charge >= 0.3 is 0 Å². The number of hydrogen-bond acceptors (Lipinski definition) is 3. The maximum Gasteiger partial charge on any atom is 0.119 e. The molecule has 0 spiro atoms. The fourth-order valence-corrected chi connectivity index (χ4v) is 1.56. The van der Waals surface area contributed by atoms with E-state index in [-0.39, 0.29) is 0 Å². The van der Waals surface area contributed by atoms with E-state index in [1.807, 2.05) is 54.6 Å². The molecule has 0 aliphatic rings. The maximum atomic E-state index is 5.52. The molecule has 2 aromatic carbocycles. The van der Waals surface area contributed by atoms with Gasteiger partial charge in [0, 0.05) is 0 Å². The summed E-state index contributed by atoms with van der Waals surface area (Å²) in [6, 6.07) is 17.7. The van der Waals surface area contributed by atoms with Crippen molar-refractivity contribution in [2.45, 2.75) is 13.3 Å². The quantitative estimate of drug-likeness (QED) is 0.626. The van der Waals surface area contributed by atoms with Crippen molar-refractivity contribution in [3.05, 3.63) is 60.2 Å². The minimum Gasteiger partial charge on any atom is -0.494 e. The number of nitrogens with one attached hydrogen (secondary N) is 1. The molecule has 3 nitrogen and oxygen atoms in total. The number of benzene rings is 2. The second-order valence-corrected chi connectivity index (χ2v) is 4.15. The topological polar surface area (TPSA) is 33.6 Å². The normalized spacial score (nSPS) is 10.6. The van der Waals surface area contributed by atoms with Crippen LogP contribution in [-0.4, -0.2) is 12.8 Å². The largest absolute Gasteiger partial charge is 0.494 e. The van der Waals surface area contributed by atoms with Gasteiger partial charge in [-0.2, -0.15) is 5.10 Å². The second kappa shape index (κ2) is 7.21. The Bertz CT molecular complexity index is 506. The Balaban J connectivity index is 1.88. The fourth-order valence-electron chi connectivity index (χ4n) is 1.56. The lowest BCUT2D eigenvalue weighted by atomic mass is 10.2. The summed E-state index contributed by atoms with van der Waals surface area (Å²) in [7, 11) is 0. The molecule has 0 aliphatic carbocycles. The lowest BCUT2D eigenvalue weighted by Gasteiger charge is -2.04. The molecule has 0 saturated carbocycles. The highest BCUT2D eigenvalue weighted by Gasteiger charge is 1.93. The van der Waals surface area contributed by atoms with Crippen LogP contribution in [0.25, 0.3) is 0 Å². The molecule has 2 aromatic rings. The van der Waals surface area contributed by atoms with Crippen molar-refractivity contribution in [3.8, 4) is 5.75 Å². The zero-order valence-electron chi connectivity index (χ0n) is 11.0. The molecular formula is C16H18N2O. The minimum absolute atomic E-state index is 0.753. The zero-order valence-corrected chi connectivity index (χ0v) is 11.0. The predicted octanol–water partition coefficient (Wildman–Crippen LogP) is 3.92. The van der Waals surface area contributed by atoms with Crippen LogP contribution in [0.1, 0.15) is 18.9 Å². The molecule has 19 heavy (non-hydrogen) atoms. The Morgan fingerprint density at radius 3 is 2.47 bits per heavy atom. The molecule has 0 aliphatic heterocycles. The summed E-state index contributed by atoms with van der Waals surface area (Å²) in [4.78, 5) is 0. The van der Waals surface area contributed by atoms with Crippen molar-refractivity contribution in [2.75, 3.05) is 12.0 Å². The highest BCUT2D eigenvalue weighted by molar-refractivity contribution is 5.80. The van der Waals surface area contributed by atoms with E-state index in [9.17, 15) is 0 Å². The van der Waals surface area contributed by atoms with Gasteiger partial charge in [-0.3, -0.25) is 5.43 Å². The molecule has 0 aromatic heterocycles. The number of para-hydroxylation sites is 1. The molecule has 0 heterocycles. The summed E-state index contributed by atoms with van der Waals surface area (Å²) in [6.45, 7) is 2.85. The van der Waals surface area contributed by atoms with Gasteiger partial charge in [0.05, 0.1) is 18.5 Å². The standard InChI is InChI=1S/C16H18N2O/c1-2-12-19-16-10-8-14(9-11-16)13-17-18-15-6-4-3-5-7-15/h3-11,13,18H,2,12H2,1H3/b17-13+. The van der Waals surface area contributed by atoms with Crippen LogP contribution in [0.15, 0.2) is 59.7 Å². The molecule has 0 fully saturated rings. The third-order valence-electron chi connectivity index (χ3n) is 2.53. The Labute approximate surface area is 113 Å². The van der Waals surface area contributed by atoms with Crippen LogP contribution >= 0.6 is 0 Å². The maximum absolute atomic E-state index is 5.52. The molecule has 0 bridgehead atoms. The molecule has 1 N–H and O–H groups in total. The van der Waals surface area contributed by atoms with Crippen molar-refractivity contribution in [1.29, 1.82) is 0 Å². The van der Waals surface area contributed by atoms with Crippen LogP contribution in [0, 0.1) is 0 Å². The third kappa shape index (κ3) is 4.47.